The smallest absolute Gasteiger partial charge is 0.280 e. The quantitative estimate of drug-likeness (QED) is 0.162. The van der Waals surface area contributed by atoms with Gasteiger partial charge in [-0.05, 0) is 85.9 Å². The Morgan fingerprint density at radius 1 is 1.16 bits per heavy atom. The van der Waals surface area contributed by atoms with Gasteiger partial charge in [-0.25, -0.2) is 13.8 Å². The first kappa shape index (κ1) is 27.3. The number of benzene rings is 2. The summed E-state index contributed by atoms with van der Waals surface area (Å²) in [6.07, 6.45) is 4.23. The number of ketones is 1. The van der Waals surface area contributed by atoms with Gasteiger partial charge in [0.15, 0.2) is 5.78 Å². The largest absolute Gasteiger partial charge is 0.496 e. The number of nitrogens with zero attached hydrogens (tertiary/aromatic N) is 3. The maximum Gasteiger partial charge on any atom is 0.280 e. The van der Waals surface area contributed by atoms with Crippen LogP contribution in [-0.4, -0.2) is 31.0 Å². The Morgan fingerprint density at radius 3 is 2.55 bits per heavy atom. The lowest BCUT2D eigenvalue weighted by atomic mass is 10.1. The summed E-state index contributed by atoms with van der Waals surface area (Å²) in [6.45, 7) is 3.73. The molecule has 1 aliphatic heterocycles. The van der Waals surface area contributed by atoms with Gasteiger partial charge in [-0.15, -0.1) is 11.8 Å². The number of carbonyl (C=O) groups excluding carboxylic acids is 1. The fourth-order valence-electron chi connectivity index (χ4n) is 4.44. The minimum Gasteiger partial charge on any atom is -0.496 e. The summed E-state index contributed by atoms with van der Waals surface area (Å²) in [5.74, 6) is 0.878. The van der Waals surface area contributed by atoms with E-state index in [2.05, 4.69) is 16.0 Å². The highest BCUT2D eigenvalue weighted by Gasteiger charge is 2.17. The molecule has 1 aromatic heterocycles. The van der Waals surface area contributed by atoms with Gasteiger partial charge in [-0.1, -0.05) is 12.1 Å². The highest BCUT2D eigenvalue weighted by molar-refractivity contribution is 7.98. The molecule has 2 aromatic carbocycles. The van der Waals surface area contributed by atoms with Gasteiger partial charge < -0.3 is 9.64 Å². The molecule has 1 saturated heterocycles. The van der Waals surface area contributed by atoms with Crippen LogP contribution in [0, 0.1) is 18.3 Å². The first-order valence-corrected chi connectivity index (χ1v) is 13.4. The number of rotatable bonds is 9. The van der Waals surface area contributed by atoms with Gasteiger partial charge in [0.1, 0.15) is 22.5 Å². The monoisotopic (exact) mass is 533 g/mol. The molecule has 5 nitrogen and oxygen atoms in total. The molecule has 196 valence electrons. The van der Waals surface area contributed by atoms with Crippen LogP contribution < -0.4 is 9.64 Å². The van der Waals surface area contributed by atoms with Gasteiger partial charge in [-0.2, -0.15) is 5.26 Å². The summed E-state index contributed by atoms with van der Waals surface area (Å²) in [5, 5.41) is 9.77. The van der Waals surface area contributed by atoms with Crippen molar-refractivity contribution in [2.45, 2.75) is 43.4 Å². The van der Waals surface area contributed by atoms with Crippen LogP contribution in [0.15, 0.2) is 59.6 Å². The number of pyridine rings is 1. The van der Waals surface area contributed by atoms with Crippen molar-refractivity contribution < 1.29 is 18.3 Å². The van der Waals surface area contributed by atoms with Gasteiger partial charge in [-0.3, -0.25) is 4.79 Å². The van der Waals surface area contributed by atoms with Crippen molar-refractivity contribution in [1.82, 2.24) is 4.98 Å². The molecule has 0 unspecified atom stereocenters. The van der Waals surface area contributed by atoms with Crippen molar-refractivity contribution in [3.05, 3.63) is 88.1 Å². The Hall–Kier alpha value is -3.70. The molecule has 2 heterocycles. The Labute approximate surface area is 226 Å². The Bertz CT molecular complexity index is 1360. The second-order valence-electron chi connectivity index (χ2n) is 9.11. The van der Waals surface area contributed by atoms with Crippen LogP contribution in [0.4, 0.5) is 14.5 Å². The number of methoxy groups -OCH3 is 1. The van der Waals surface area contributed by atoms with Crippen LogP contribution >= 0.6 is 11.8 Å². The zero-order valence-electron chi connectivity index (χ0n) is 21.4. The van der Waals surface area contributed by atoms with Crippen molar-refractivity contribution in [1.29, 1.82) is 5.26 Å². The Morgan fingerprint density at radius 2 is 1.89 bits per heavy atom. The van der Waals surface area contributed by atoms with Gasteiger partial charge in [0.05, 0.1) is 12.7 Å². The van der Waals surface area contributed by atoms with E-state index in [1.165, 1.54) is 37.1 Å². The molecule has 38 heavy (non-hydrogen) atoms. The van der Waals surface area contributed by atoms with Crippen LogP contribution in [0.2, 0.25) is 0 Å². The molecular weight excluding hydrogens is 504 g/mol. The summed E-state index contributed by atoms with van der Waals surface area (Å²) in [4.78, 5) is 19.2. The lowest BCUT2D eigenvalue weighted by Gasteiger charge is -2.28. The molecule has 1 aliphatic rings. The van der Waals surface area contributed by atoms with Gasteiger partial charge in [0.25, 0.3) is 6.43 Å². The molecule has 0 spiro atoms. The van der Waals surface area contributed by atoms with Crippen molar-refractivity contribution >= 4 is 29.3 Å². The van der Waals surface area contributed by atoms with Crippen molar-refractivity contribution in [2.75, 3.05) is 25.1 Å². The lowest BCUT2D eigenvalue weighted by Crippen LogP contribution is -2.29. The van der Waals surface area contributed by atoms with Crippen LogP contribution in [0.3, 0.4) is 0 Å². The van der Waals surface area contributed by atoms with Crippen LogP contribution in [0.5, 0.6) is 5.75 Å². The number of allylic oxidation sites excluding steroid dienone is 1. The van der Waals surface area contributed by atoms with E-state index in [0.717, 1.165) is 29.9 Å². The minimum absolute atomic E-state index is 0.0934. The number of aryl methyl sites for hydroxylation is 1. The summed E-state index contributed by atoms with van der Waals surface area (Å²) in [6, 6.07) is 16.6. The third-order valence-corrected chi connectivity index (χ3v) is 7.53. The van der Waals surface area contributed by atoms with E-state index >= 15 is 0 Å². The van der Waals surface area contributed by atoms with Crippen LogP contribution in [0.25, 0.3) is 6.08 Å². The Kier molecular flexibility index (Phi) is 9.14. The number of piperidine rings is 1. The van der Waals surface area contributed by atoms with Gasteiger partial charge >= 0.3 is 0 Å². The highest BCUT2D eigenvalue weighted by Crippen LogP contribution is 2.32. The maximum atomic E-state index is 13.3. The molecule has 3 aromatic rings. The normalized spacial score (nSPS) is 13.6. The second kappa shape index (κ2) is 12.7. The maximum absolute atomic E-state index is 13.3. The fraction of sp³-hybridized carbons (Fsp3) is 0.300. The molecule has 1 fully saturated rings. The zero-order chi connectivity index (χ0) is 27.1. The van der Waals surface area contributed by atoms with E-state index in [4.69, 9.17) is 4.74 Å². The zero-order valence-corrected chi connectivity index (χ0v) is 22.2. The number of thioether (sulfide) groups is 1. The molecule has 0 bridgehead atoms. The summed E-state index contributed by atoms with van der Waals surface area (Å²) in [7, 11) is 1.55. The third kappa shape index (κ3) is 6.59. The molecule has 8 heteroatoms. The van der Waals surface area contributed by atoms with Crippen LogP contribution in [0.1, 0.15) is 64.0 Å². The van der Waals surface area contributed by atoms with Crippen molar-refractivity contribution in [3.8, 4) is 11.8 Å². The van der Waals surface area contributed by atoms with Gasteiger partial charge in [0.2, 0.25) is 0 Å². The first-order valence-electron chi connectivity index (χ1n) is 12.5. The van der Waals surface area contributed by atoms with Crippen molar-refractivity contribution in [3.63, 3.8) is 0 Å². The first-order chi connectivity index (χ1) is 18.4. The molecular formula is C30H29F2N3O2S. The minimum atomic E-state index is -2.72. The number of hydrogen-bond acceptors (Lipinski definition) is 6. The molecule has 0 aliphatic carbocycles. The molecule has 4 rings (SSSR count). The van der Waals surface area contributed by atoms with E-state index in [0.29, 0.717) is 22.6 Å². The SMILES string of the molecule is COc1ccc(/C=C/C(=O)c2ccc(N3CCCCC3)cc2)cc1CSc1nc(C(F)F)cc(C)c1C#N. The topological polar surface area (TPSA) is 66.2 Å². The van der Waals surface area contributed by atoms with E-state index in [1.807, 2.05) is 36.4 Å². The molecule has 0 amide bonds. The fourth-order valence-corrected chi connectivity index (χ4v) is 5.48. The van der Waals surface area contributed by atoms with E-state index in [1.54, 1.807) is 32.3 Å². The molecule has 0 radical (unpaired) electrons. The van der Waals surface area contributed by atoms with E-state index < -0.39 is 6.43 Å². The van der Waals surface area contributed by atoms with Gasteiger partial charge in [0, 0.05) is 35.7 Å². The number of ether oxygens (including phenoxy) is 1. The summed E-state index contributed by atoms with van der Waals surface area (Å²) in [5.41, 5.74) is 3.75. The predicted molar refractivity (Wildman–Crippen MR) is 147 cm³/mol. The van der Waals surface area contributed by atoms with Crippen LogP contribution in [-0.2, 0) is 5.75 Å². The predicted octanol–water partition coefficient (Wildman–Crippen LogP) is 7.39. The average Bonchev–Trinajstić information content (AvgIpc) is 2.95. The number of alkyl halides is 2. The highest BCUT2D eigenvalue weighted by atomic mass is 32.2. The van der Waals surface area contributed by atoms with E-state index in [9.17, 15) is 18.8 Å². The number of aromatic nitrogens is 1. The Balaban J connectivity index is 1.48. The molecule has 0 atom stereocenters. The standard InChI is InChI=1S/C30H29F2N3O2S/c1-20-16-26(29(31)32)34-30(25(20)18-33)38-19-23-17-21(7-13-28(23)37-2)6-12-27(36)22-8-10-24(11-9-22)35-14-4-3-5-15-35/h6-13,16-17,29H,3-5,14-15,19H2,1-2H3/b12-6+. The number of carbonyl (C=O) groups is 1. The number of anilines is 1. The number of hydrogen-bond donors (Lipinski definition) is 0. The summed E-state index contributed by atoms with van der Waals surface area (Å²) < 4.78 is 32.0. The number of nitriles is 1. The lowest BCUT2D eigenvalue weighted by molar-refractivity contribution is 0.104. The molecule has 0 saturated carbocycles. The summed E-state index contributed by atoms with van der Waals surface area (Å²) >= 11 is 1.20. The number of halogens is 2. The third-order valence-electron chi connectivity index (χ3n) is 6.51. The molecule has 0 N–H and O–H groups in total. The average molecular weight is 534 g/mol. The van der Waals surface area contributed by atoms with Crippen molar-refractivity contribution in [2.24, 2.45) is 0 Å². The second-order valence-corrected chi connectivity index (χ2v) is 10.1. The van der Waals surface area contributed by atoms with E-state index in [-0.39, 0.29) is 22.1 Å².